The van der Waals surface area contributed by atoms with Gasteiger partial charge in [-0.2, -0.15) is 0 Å². The summed E-state index contributed by atoms with van der Waals surface area (Å²) in [6.07, 6.45) is 0.170. The van der Waals surface area contributed by atoms with Crippen molar-refractivity contribution in [3.05, 3.63) is 29.8 Å². The molecule has 2 heterocycles. The number of imide groups is 1. The molecule has 0 aromatic heterocycles. The maximum absolute atomic E-state index is 12.8. The van der Waals surface area contributed by atoms with Crippen molar-refractivity contribution in [1.82, 2.24) is 10.2 Å². The summed E-state index contributed by atoms with van der Waals surface area (Å²) in [6, 6.07) is 7.60. The van der Waals surface area contributed by atoms with Crippen molar-refractivity contribution in [3.8, 4) is 0 Å². The Balaban J connectivity index is 1.69. The number of anilines is 1. The number of rotatable bonds is 2. The lowest BCUT2D eigenvalue weighted by atomic mass is 10.1. The molecule has 1 saturated heterocycles. The fraction of sp³-hybridized carbons (Fsp3) is 0.579. The first-order valence-corrected chi connectivity index (χ1v) is 9.11. The third-order valence-electron chi connectivity index (χ3n) is 4.44. The Bertz CT molecular complexity index is 640. The molecule has 0 saturated carbocycles. The summed E-state index contributed by atoms with van der Waals surface area (Å²) in [4.78, 5) is 26.6. The van der Waals surface area contributed by atoms with Gasteiger partial charge in [0.1, 0.15) is 5.60 Å². The number of hydrogen-bond donors (Lipinski definition) is 2. The average Bonchev–Trinajstić information content (AvgIpc) is 2.96. The maximum Gasteiger partial charge on any atom is 0.421 e. The van der Waals surface area contributed by atoms with E-state index in [4.69, 9.17) is 9.47 Å². The van der Waals surface area contributed by atoms with E-state index in [0.29, 0.717) is 19.3 Å². The number of nitrogens with zero attached hydrogens (tertiary/aromatic N) is 1. The van der Waals surface area contributed by atoms with Crippen LogP contribution in [0.4, 0.5) is 15.3 Å². The first-order valence-electron chi connectivity index (χ1n) is 9.11. The molecule has 7 nitrogen and oxygen atoms in total. The molecule has 0 unspecified atom stereocenters. The number of para-hydroxylation sites is 1. The van der Waals surface area contributed by atoms with E-state index in [9.17, 15) is 9.59 Å². The summed E-state index contributed by atoms with van der Waals surface area (Å²) < 4.78 is 11.0. The molecule has 7 heteroatoms. The lowest BCUT2D eigenvalue weighted by Gasteiger charge is -2.34. The molecular formula is C19H27N3O4. The monoisotopic (exact) mass is 361 g/mol. The molecular weight excluding hydrogens is 334 g/mol. The molecule has 1 aromatic carbocycles. The molecule has 142 valence electrons. The Morgan fingerprint density at radius 1 is 1.12 bits per heavy atom. The Morgan fingerprint density at radius 3 is 2.46 bits per heavy atom. The highest BCUT2D eigenvalue weighted by atomic mass is 16.6. The summed E-state index contributed by atoms with van der Waals surface area (Å²) >= 11 is 0. The lowest BCUT2D eigenvalue weighted by Crippen LogP contribution is -2.51. The SMILES string of the molecule is CC(C)(C)OC(=O)N(C(=O)O[C@@H]1Cc2ccccc2N1)C1CCNCC1. The molecule has 1 aromatic rings. The van der Waals surface area contributed by atoms with Crippen LogP contribution in [-0.4, -0.2) is 48.0 Å². The third kappa shape index (κ3) is 4.46. The number of carbonyl (C=O) groups excluding carboxylic acids is 2. The minimum Gasteiger partial charge on any atom is -0.443 e. The zero-order chi connectivity index (χ0) is 18.7. The van der Waals surface area contributed by atoms with Gasteiger partial charge in [-0.1, -0.05) is 18.2 Å². The summed E-state index contributed by atoms with van der Waals surface area (Å²) in [5.41, 5.74) is 1.37. The molecule has 2 aliphatic rings. The minimum absolute atomic E-state index is 0.220. The van der Waals surface area contributed by atoms with Crippen molar-refractivity contribution in [3.63, 3.8) is 0 Å². The van der Waals surface area contributed by atoms with Crippen LogP contribution in [0.3, 0.4) is 0 Å². The van der Waals surface area contributed by atoms with Gasteiger partial charge in [0.05, 0.1) is 0 Å². The maximum atomic E-state index is 12.8. The van der Waals surface area contributed by atoms with Gasteiger partial charge < -0.3 is 20.1 Å². The number of fused-ring (bicyclic) bond motifs is 1. The highest BCUT2D eigenvalue weighted by Crippen LogP contribution is 2.27. The number of ether oxygens (including phenoxy) is 2. The van der Waals surface area contributed by atoms with E-state index in [-0.39, 0.29) is 6.04 Å². The normalized spacial score (nSPS) is 20.0. The molecule has 0 radical (unpaired) electrons. The Kier molecular flexibility index (Phi) is 5.36. The van der Waals surface area contributed by atoms with Crippen LogP contribution in [0, 0.1) is 0 Å². The summed E-state index contributed by atoms with van der Waals surface area (Å²) in [7, 11) is 0. The van der Waals surface area contributed by atoms with Gasteiger partial charge in [0.25, 0.3) is 0 Å². The predicted molar refractivity (Wildman–Crippen MR) is 98.0 cm³/mol. The van der Waals surface area contributed by atoms with E-state index < -0.39 is 24.0 Å². The molecule has 0 bridgehead atoms. The molecule has 0 aliphatic carbocycles. The Labute approximate surface area is 154 Å². The van der Waals surface area contributed by atoms with Gasteiger partial charge in [0.2, 0.25) is 0 Å². The van der Waals surface area contributed by atoms with Crippen molar-refractivity contribution in [2.24, 2.45) is 0 Å². The number of nitrogens with one attached hydrogen (secondary N) is 2. The van der Waals surface area contributed by atoms with Crippen molar-refractivity contribution in [2.75, 3.05) is 18.4 Å². The second-order valence-corrected chi connectivity index (χ2v) is 7.71. The highest BCUT2D eigenvalue weighted by Gasteiger charge is 2.37. The minimum atomic E-state index is -0.676. The van der Waals surface area contributed by atoms with Gasteiger partial charge in [0.15, 0.2) is 6.23 Å². The van der Waals surface area contributed by atoms with Gasteiger partial charge in [0, 0.05) is 18.2 Å². The fourth-order valence-electron chi connectivity index (χ4n) is 3.26. The van der Waals surface area contributed by atoms with Gasteiger partial charge in [-0.15, -0.1) is 0 Å². The highest BCUT2D eigenvalue weighted by molar-refractivity contribution is 5.88. The van der Waals surface area contributed by atoms with Gasteiger partial charge in [-0.3, -0.25) is 0 Å². The first kappa shape index (κ1) is 18.5. The Morgan fingerprint density at radius 2 is 1.81 bits per heavy atom. The van der Waals surface area contributed by atoms with Crippen LogP contribution in [0.1, 0.15) is 39.2 Å². The molecule has 2 N–H and O–H groups in total. The average molecular weight is 361 g/mol. The molecule has 1 atom stereocenters. The number of hydrogen-bond acceptors (Lipinski definition) is 6. The second-order valence-electron chi connectivity index (χ2n) is 7.71. The van der Waals surface area contributed by atoms with E-state index in [1.807, 2.05) is 24.3 Å². The molecule has 1 fully saturated rings. The van der Waals surface area contributed by atoms with E-state index in [2.05, 4.69) is 10.6 Å². The van der Waals surface area contributed by atoms with Crippen molar-refractivity contribution in [1.29, 1.82) is 0 Å². The zero-order valence-electron chi connectivity index (χ0n) is 15.6. The third-order valence-corrected chi connectivity index (χ3v) is 4.44. The van der Waals surface area contributed by atoms with Crippen molar-refractivity contribution >= 4 is 17.9 Å². The van der Waals surface area contributed by atoms with Crippen LogP contribution in [0.25, 0.3) is 0 Å². The summed E-state index contributed by atoms with van der Waals surface area (Å²) in [6.45, 7) is 6.86. The number of amides is 2. The zero-order valence-corrected chi connectivity index (χ0v) is 15.6. The van der Waals surface area contributed by atoms with E-state index in [0.717, 1.165) is 29.2 Å². The van der Waals surface area contributed by atoms with Crippen LogP contribution < -0.4 is 10.6 Å². The lowest BCUT2D eigenvalue weighted by molar-refractivity contribution is 0.00565. The largest absolute Gasteiger partial charge is 0.443 e. The smallest absolute Gasteiger partial charge is 0.421 e. The van der Waals surface area contributed by atoms with E-state index >= 15 is 0 Å². The van der Waals surface area contributed by atoms with Crippen LogP contribution in [0.15, 0.2) is 24.3 Å². The van der Waals surface area contributed by atoms with Crippen LogP contribution in [0.2, 0.25) is 0 Å². The fourth-order valence-corrected chi connectivity index (χ4v) is 3.26. The first-order chi connectivity index (χ1) is 12.3. The standard InChI is InChI=1S/C19H27N3O4/c1-19(2,3)26-18(24)22(14-8-10-20-11-9-14)17(23)25-16-12-13-6-4-5-7-15(13)21-16/h4-7,14,16,20-21H,8-12H2,1-3H3/t16-/m1/s1. The predicted octanol–water partition coefficient (Wildman–Crippen LogP) is 3.11. The van der Waals surface area contributed by atoms with Crippen LogP contribution >= 0.6 is 0 Å². The molecule has 2 amide bonds. The quantitative estimate of drug-likeness (QED) is 0.843. The molecule has 26 heavy (non-hydrogen) atoms. The summed E-state index contributed by atoms with van der Waals surface area (Å²) in [5, 5.41) is 6.41. The number of piperidine rings is 1. The van der Waals surface area contributed by atoms with Crippen molar-refractivity contribution in [2.45, 2.75) is 57.9 Å². The molecule has 2 aliphatic heterocycles. The van der Waals surface area contributed by atoms with Crippen molar-refractivity contribution < 1.29 is 19.1 Å². The molecule has 0 spiro atoms. The summed E-state index contributed by atoms with van der Waals surface area (Å²) in [5.74, 6) is 0. The van der Waals surface area contributed by atoms with E-state index in [1.54, 1.807) is 20.8 Å². The second kappa shape index (κ2) is 7.53. The van der Waals surface area contributed by atoms with Crippen LogP contribution in [-0.2, 0) is 15.9 Å². The van der Waals surface area contributed by atoms with Crippen LogP contribution in [0.5, 0.6) is 0 Å². The van der Waals surface area contributed by atoms with Gasteiger partial charge >= 0.3 is 12.2 Å². The van der Waals surface area contributed by atoms with Gasteiger partial charge in [-0.25, -0.2) is 14.5 Å². The molecule has 3 rings (SSSR count). The van der Waals surface area contributed by atoms with Gasteiger partial charge in [-0.05, 0) is 58.3 Å². The topological polar surface area (TPSA) is 79.9 Å². The Hall–Kier alpha value is -2.28. The number of carbonyl (C=O) groups is 2. The number of benzene rings is 1. The van der Waals surface area contributed by atoms with E-state index in [1.165, 1.54) is 0 Å².